The highest BCUT2D eigenvalue weighted by atomic mass is 35.5. The highest BCUT2D eigenvalue weighted by Crippen LogP contribution is 2.19. The fourth-order valence-electron chi connectivity index (χ4n) is 2.08. The zero-order valence-corrected chi connectivity index (χ0v) is 14.4. The lowest BCUT2D eigenvalue weighted by atomic mass is 10.3. The van der Waals surface area contributed by atoms with E-state index in [9.17, 15) is 18.0 Å². The number of carbonyl (C=O) groups is 1. The Morgan fingerprint density at radius 3 is 2.72 bits per heavy atom. The average molecular weight is 380 g/mol. The molecule has 0 spiro atoms. The van der Waals surface area contributed by atoms with Crippen LogP contribution in [-0.2, 0) is 22.8 Å². The maximum Gasteiger partial charge on any atom is 0.411 e. The lowest BCUT2D eigenvalue weighted by molar-refractivity contribution is -0.182. The monoisotopic (exact) mass is 379 g/mol. The first-order valence-electron chi connectivity index (χ1n) is 7.32. The van der Waals surface area contributed by atoms with E-state index in [0.29, 0.717) is 22.9 Å². The quantitative estimate of drug-likeness (QED) is 0.802. The van der Waals surface area contributed by atoms with Gasteiger partial charge in [-0.1, -0.05) is 11.6 Å². The van der Waals surface area contributed by atoms with Gasteiger partial charge in [-0.3, -0.25) is 9.48 Å². The molecule has 11 heteroatoms. The summed E-state index contributed by atoms with van der Waals surface area (Å²) in [7, 11) is 0. The third kappa shape index (κ3) is 5.75. The maximum atomic E-state index is 12.0. The van der Waals surface area contributed by atoms with Crippen LogP contribution in [0.3, 0.4) is 0 Å². The highest BCUT2D eigenvalue weighted by Gasteiger charge is 2.27. The summed E-state index contributed by atoms with van der Waals surface area (Å²) >= 11 is 6.04. The van der Waals surface area contributed by atoms with E-state index in [1.165, 1.54) is 12.4 Å². The van der Waals surface area contributed by atoms with E-state index < -0.39 is 12.8 Å². The van der Waals surface area contributed by atoms with Crippen LogP contribution in [0.15, 0.2) is 12.4 Å². The number of aromatic nitrogens is 4. The summed E-state index contributed by atoms with van der Waals surface area (Å²) in [6.45, 7) is 2.22. The summed E-state index contributed by atoms with van der Waals surface area (Å²) in [5.41, 5.74) is 1.84. The molecule has 0 bridgehead atoms. The van der Waals surface area contributed by atoms with Crippen molar-refractivity contribution in [2.75, 3.05) is 11.9 Å². The number of hydrogen-bond acceptors (Lipinski definition) is 4. The van der Waals surface area contributed by atoms with Gasteiger partial charge >= 0.3 is 6.18 Å². The lowest BCUT2D eigenvalue weighted by Gasteiger charge is -2.07. The molecule has 0 unspecified atom stereocenters. The number of amides is 1. The Morgan fingerprint density at radius 2 is 2.12 bits per heavy atom. The van der Waals surface area contributed by atoms with Crippen LogP contribution in [0.4, 0.5) is 18.9 Å². The lowest BCUT2D eigenvalue weighted by Crippen LogP contribution is -2.18. The summed E-state index contributed by atoms with van der Waals surface area (Å²) in [5, 5.41) is 11.2. The van der Waals surface area contributed by atoms with Gasteiger partial charge < -0.3 is 10.1 Å². The fourth-order valence-corrected chi connectivity index (χ4v) is 2.21. The van der Waals surface area contributed by atoms with Crippen molar-refractivity contribution >= 4 is 23.2 Å². The van der Waals surface area contributed by atoms with Crippen molar-refractivity contribution in [3.63, 3.8) is 0 Å². The average Bonchev–Trinajstić information content (AvgIpc) is 3.04. The maximum absolute atomic E-state index is 12.0. The zero-order chi connectivity index (χ0) is 18.6. The molecule has 1 N–H and O–H groups in total. The van der Waals surface area contributed by atoms with Gasteiger partial charge in [-0.05, 0) is 13.8 Å². The molecule has 0 aliphatic heterocycles. The van der Waals surface area contributed by atoms with Crippen molar-refractivity contribution in [2.24, 2.45) is 0 Å². The number of halogens is 4. The van der Waals surface area contributed by atoms with Crippen LogP contribution in [0.25, 0.3) is 0 Å². The largest absolute Gasteiger partial charge is 0.411 e. The van der Waals surface area contributed by atoms with Crippen LogP contribution in [-0.4, -0.2) is 38.3 Å². The number of aryl methyl sites for hydroxylation is 2. The van der Waals surface area contributed by atoms with Crippen LogP contribution < -0.4 is 5.32 Å². The Bertz CT molecular complexity index is 741. The summed E-state index contributed by atoms with van der Waals surface area (Å²) < 4.78 is 43.2. The SMILES string of the molecule is Cc1nn(CCC(=O)Nc2cnn(COCC(F)(F)F)c2)c(C)c1Cl. The topological polar surface area (TPSA) is 74.0 Å². The van der Waals surface area contributed by atoms with Gasteiger partial charge in [0.1, 0.15) is 13.3 Å². The Balaban J connectivity index is 1.80. The molecular weight excluding hydrogens is 363 g/mol. The van der Waals surface area contributed by atoms with Gasteiger partial charge in [0.2, 0.25) is 5.91 Å². The first-order chi connectivity index (χ1) is 11.7. The molecule has 25 heavy (non-hydrogen) atoms. The Kier molecular flexibility index (Phi) is 6.07. The van der Waals surface area contributed by atoms with Gasteiger partial charge in [-0.2, -0.15) is 23.4 Å². The van der Waals surface area contributed by atoms with Gasteiger partial charge in [-0.25, -0.2) is 4.68 Å². The van der Waals surface area contributed by atoms with E-state index in [0.717, 1.165) is 10.4 Å². The molecule has 0 atom stereocenters. The van der Waals surface area contributed by atoms with Crippen molar-refractivity contribution in [1.29, 1.82) is 0 Å². The summed E-state index contributed by atoms with van der Waals surface area (Å²) in [6, 6.07) is 0. The number of anilines is 1. The predicted molar refractivity (Wildman–Crippen MR) is 84.2 cm³/mol. The normalized spacial score (nSPS) is 11.8. The second-order valence-corrected chi connectivity index (χ2v) is 5.75. The molecule has 0 saturated heterocycles. The number of alkyl halides is 3. The second-order valence-electron chi connectivity index (χ2n) is 5.37. The Morgan fingerprint density at radius 1 is 1.40 bits per heavy atom. The number of hydrogen-bond donors (Lipinski definition) is 1. The molecule has 2 heterocycles. The van der Waals surface area contributed by atoms with Crippen molar-refractivity contribution in [2.45, 2.75) is 39.7 Å². The Labute approximate surface area is 146 Å². The van der Waals surface area contributed by atoms with E-state index in [1.807, 2.05) is 6.92 Å². The predicted octanol–water partition coefficient (Wildman–Crippen LogP) is 2.92. The van der Waals surface area contributed by atoms with E-state index in [1.54, 1.807) is 11.6 Å². The summed E-state index contributed by atoms with van der Waals surface area (Å²) in [4.78, 5) is 11.9. The number of nitrogens with zero attached hydrogens (tertiary/aromatic N) is 4. The molecule has 0 aliphatic rings. The molecule has 1 amide bonds. The summed E-state index contributed by atoms with van der Waals surface area (Å²) in [5.74, 6) is -0.278. The van der Waals surface area contributed by atoms with E-state index >= 15 is 0 Å². The van der Waals surface area contributed by atoms with Crippen molar-refractivity contribution < 1.29 is 22.7 Å². The van der Waals surface area contributed by atoms with Crippen molar-refractivity contribution in [3.8, 4) is 0 Å². The van der Waals surface area contributed by atoms with Crippen LogP contribution in [0.2, 0.25) is 5.02 Å². The summed E-state index contributed by atoms with van der Waals surface area (Å²) in [6.07, 6.45) is -1.52. The Hall–Kier alpha value is -2.07. The number of ether oxygens (including phenoxy) is 1. The van der Waals surface area contributed by atoms with Gasteiger partial charge in [0.05, 0.1) is 41.0 Å². The number of carbonyl (C=O) groups excluding carboxylic acids is 1. The molecule has 138 valence electrons. The first kappa shape index (κ1) is 19.3. The molecule has 0 aliphatic carbocycles. The minimum Gasteiger partial charge on any atom is -0.350 e. The van der Waals surface area contributed by atoms with Crippen LogP contribution in [0.1, 0.15) is 17.8 Å². The first-order valence-corrected chi connectivity index (χ1v) is 7.70. The molecular formula is C14H17ClF3N5O2. The number of rotatable bonds is 7. The standard InChI is InChI=1S/C14H17ClF3N5O2/c1-9-13(15)10(2)23(21-9)4-3-12(24)20-11-5-19-22(6-11)8-25-7-14(16,17)18/h5-6H,3-4,7-8H2,1-2H3,(H,20,24). The molecule has 0 fully saturated rings. The van der Waals surface area contributed by atoms with E-state index in [2.05, 4.69) is 20.3 Å². The smallest absolute Gasteiger partial charge is 0.350 e. The molecule has 0 saturated carbocycles. The van der Waals surface area contributed by atoms with E-state index in [-0.39, 0.29) is 19.1 Å². The van der Waals surface area contributed by atoms with Gasteiger partial charge in [0, 0.05) is 6.42 Å². The zero-order valence-electron chi connectivity index (χ0n) is 13.6. The highest BCUT2D eigenvalue weighted by molar-refractivity contribution is 6.31. The molecule has 7 nitrogen and oxygen atoms in total. The van der Waals surface area contributed by atoms with E-state index in [4.69, 9.17) is 11.6 Å². The van der Waals surface area contributed by atoms with Crippen LogP contribution in [0, 0.1) is 13.8 Å². The fraction of sp³-hybridized carbons (Fsp3) is 0.500. The third-order valence-corrected chi connectivity index (χ3v) is 3.80. The molecule has 0 radical (unpaired) electrons. The van der Waals surface area contributed by atoms with Crippen LogP contribution in [0.5, 0.6) is 0 Å². The van der Waals surface area contributed by atoms with Crippen LogP contribution >= 0.6 is 11.6 Å². The molecule has 2 rings (SSSR count). The third-order valence-electron chi connectivity index (χ3n) is 3.25. The molecule has 2 aromatic rings. The minimum atomic E-state index is -4.39. The second kappa shape index (κ2) is 7.87. The number of nitrogens with one attached hydrogen (secondary N) is 1. The molecule has 0 aromatic carbocycles. The van der Waals surface area contributed by atoms with Gasteiger partial charge in [-0.15, -0.1) is 0 Å². The van der Waals surface area contributed by atoms with Gasteiger partial charge in [0.25, 0.3) is 0 Å². The minimum absolute atomic E-state index is 0.161. The van der Waals surface area contributed by atoms with Crippen molar-refractivity contribution in [3.05, 3.63) is 28.8 Å². The van der Waals surface area contributed by atoms with Gasteiger partial charge in [0.15, 0.2) is 0 Å². The molecule has 2 aromatic heterocycles. The van der Waals surface area contributed by atoms with Crippen molar-refractivity contribution in [1.82, 2.24) is 19.6 Å².